The van der Waals surface area contributed by atoms with E-state index in [0.29, 0.717) is 19.5 Å². The Morgan fingerprint density at radius 2 is 1.78 bits per heavy atom. The van der Waals surface area contributed by atoms with Crippen LogP contribution in [0.25, 0.3) is 0 Å². The Balaban J connectivity index is 1.70. The first-order valence-electron chi connectivity index (χ1n) is 7.43. The monoisotopic (exact) mass is 332 g/mol. The first-order valence-corrected chi connectivity index (χ1v) is 8.24. The SMILES string of the molecule is C[C@@H](O)c1ccc(CCNC(=O)C(=O)NCc2ccccc2)s1. The Bertz CT molecular complexity index is 653. The third kappa shape index (κ3) is 5.50. The van der Waals surface area contributed by atoms with Crippen molar-refractivity contribution in [2.24, 2.45) is 0 Å². The van der Waals surface area contributed by atoms with E-state index in [4.69, 9.17) is 0 Å². The van der Waals surface area contributed by atoms with E-state index in [-0.39, 0.29) is 0 Å². The van der Waals surface area contributed by atoms with E-state index in [1.54, 1.807) is 6.92 Å². The van der Waals surface area contributed by atoms with Gasteiger partial charge in [0.05, 0.1) is 6.10 Å². The zero-order valence-corrected chi connectivity index (χ0v) is 13.7. The molecule has 0 saturated carbocycles. The molecule has 0 saturated heterocycles. The molecule has 1 aromatic carbocycles. The molecule has 2 rings (SSSR count). The zero-order chi connectivity index (χ0) is 16.7. The summed E-state index contributed by atoms with van der Waals surface area (Å²) in [5.41, 5.74) is 0.942. The van der Waals surface area contributed by atoms with E-state index >= 15 is 0 Å². The second kappa shape index (κ2) is 8.45. The lowest BCUT2D eigenvalue weighted by Gasteiger charge is -2.06. The molecule has 0 radical (unpaired) electrons. The van der Waals surface area contributed by atoms with Gasteiger partial charge >= 0.3 is 11.8 Å². The Labute approximate surface area is 139 Å². The number of amides is 2. The highest BCUT2D eigenvalue weighted by molar-refractivity contribution is 7.12. The average molecular weight is 332 g/mol. The van der Waals surface area contributed by atoms with Gasteiger partial charge in [-0.05, 0) is 31.0 Å². The fourth-order valence-electron chi connectivity index (χ4n) is 1.99. The Hall–Kier alpha value is -2.18. The highest BCUT2D eigenvalue weighted by Gasteiger charge is 2.12. The van der Waals surface area contributed by atoms with Crippen LogP contribution < -0.4 is 10.6 Å². The molecule has 2 amide bonds. The van der Waals surface area contributed by atoms with Crippen LogP contribution in [0, 0.1) is 0 Å². The van der Waals surface area contributed by atoms with Crippen molar-refractivity contribution in [3.8, 4) is 0 Å². The molecule has 0 aliphatic carbocycles. The number of aliphatic hydroxyl groups excluding tert-OH is 1. The van der Waals surface area contributed by atoms with Gasteiger partial charge in [-0.25, -0.2) is 0 Å². The lowest BCUT2D eigenvalue weighted by Crippen LogP contribution is -2.40. The minimum atomic E-state index is -0.635. The van der Waals surface area contributed by atoms with Crippen molar-refractivity contribution >= 4 is 23.2 Å². The van der Waals surface area contributed by atoms with Crippen molar-refractivity contribution in [1.29, 1.82) is 0 Å². The molecule has 0 fully saturated rings. The van der Waals surface area contributed by atoms with E-state index in [1.807, 2.05) is 42.5 Å². The maximum absolute atomic E-state index is 11.7. The first kappa shape index (κ1) is 17.2. The molecule has 5 nitrogen and oxygen atoms in total. The van der Waals surface area contributed by atoms with Gasteiger partial charge in [0.2, 0.25) is 0 Å². The minimum Gasteiger partial charge on any atom is -0.388 e. The molecule has 1 atom stereocenters. The molecular formula is C17H20N2O3S. The van der Waals surface area contributed by atoms with Crippen LogP contribution in [0.2, 0.25) is 0 Å². The van der Waals surface area contributed by atoms with E-state index < -0.39 is 17.9 Å². The smallest absolute Gasteiger partial charge is 0.309 e. The van der Waals surface area contributed by atoms with Crippen molar-refractivity contribution in [1.82, 2.24) is 10.6 Å². The number of carbonyl (C=O) groups is 2. The number of hydrogen-bond acceptors (Lipinski definition) is 4. The lowest BCUT2D eigenvalue weighted by atomic mass is 10.2. The Kier molecular flexibility index (Phi) is 6.31. The topological polar surface area (TPSA) is 78.4 Å². The first-order chi connectivity index (χ1) is 11.1. The third-order valence-electron chi connectivity index (χ3n) is 3.25. The molecule has 122 valence electrons. The third-order valence-corrected chi connectivity index (χ3v) is 4.57. The van der Waals surface area contributed by atoms with Gasteiger partial charge in [0, 0.05) is 22.8 Å². The van der Waals surface area contributed by atoms with Crippen LogP contribution in [0.1, 0.15) is 28.3 Å². The maximum atomic E-state index is 11.7. The number of benzene rings is 1. The highest BCUT2D eigenvalue weighted by atomic mass is 32.1. The standard InChI is InChI=1S/C17H20N2O3S/c1-12(20)15-8-7-14(23-15)9-10-18-16(21)17(22)19-11-13-5-3-2-4-6-13/h2-8,12,20H,9-11H2,1H3,(H,18,21)(H,19,22)/t12-/m1/s1. The molecule has 23 heavy (non-hydrogen) atoms. The summed E-state index contributed by atoms with van der Waals surface area (Å²) in [5.74, 6) is -1.27. The Morgan fingerprint density at radius 3 is 2.43 bits per heavy atom. The molecule has 3 N–H and O–H groups in total. The second-order valence-corrected chi connectivity index (χ2v) is 6.35. The van der Waals surface area contributed by atoms with E-state index in [0.717, 1.165) is 15.3 Å². The van der Waals surface area contributed by atoms with Gasteiger partial charge in [-0.3, -0.25) is 9.59 Å². The van der Waals surface area contributed by atoms with Crippen molar-refractivity contribution in [3.05, 3.63) is 57.8 Å². The summed E-state index contributed by atoms with van der Waals surface area (Å²) < 4.78 is 0. The summed E-state index contributed by atoms with van der Waals surface area (Å²) in [4.78, 5) is 25.4. The molecular weight excluding hydrogens is 312 g/mol. The normalized spacial score (nSPS) is 11.7. The van der Waals surface area contributed by atoms with E-state index in [9.17, 15) is 14.7 Å². The van der Waals surface area contributed by atoms with Crippen LogP contribution >= 0.6 is 11.3 Å². The fraction of sp³-hybridized carbons (Fsp3) is 0.294. The fourth-order valence-corrected chi connectivity index (χ4v) is 2.94. The summed E-state index contributed by atoms with van der Waals surface area (Å²) in [5, 5.41) is 14.6. The summed E-state index contributed by atoms with van der Waals surface area (Å²) in [6.45, 7) is 2.43. The maximum Gasteiger partial charge on any atom is 0.309 e. The molecule has 1 heterocycles. The predicted molar refractivity (Wildman–Crippen MR) is 90.0 cm³/mol. The molecule has 1 aromatic heterocycles. The summed E-state index contributed by atoms with van der Waals surface area (Å²) in [7, 11) is 0. The number of rotatable bonds is 6. The minimum absolute atomic E-state index is 0.329. The summed E-state index contributed by atoms with van der Waals surface area (Å²) >= 11 is 1.51. The molecule has 0 unspecified atom stereocenters. The van der Waals surface area contributed by atoms with Crippen molar-refractivity contribution in [2.75, 3.05) is 6.54 Å². The molecule has 0 spiro atoms. The lowest BCUT2D eigenvalue weighted by molar-refractivity contribution is -0.139. The number of nitrogens with one attached hydrogen (secondary N) is 2. The quantitative estimate of drug-likeness (QED) is 0.706. The van der Waals surface area contributed by atoms with Crippen LogP contribution in [-0.2, 0) is 22.6 Å². The van der Waals surface area contributed by atoms with Gasteiger partial charge in [-0.1, -0.05) is 30.3 Å². The van der Waals surface area contributed by atoms with Crippen molar-refractivity contribution in [3.63, 3.8) is 0 Å². The van der Waals surface area contributed by atoms with Gasteiger partial charge in [0.15, 0.2) is 0 Å². The van der Waals surface area contributed by atoms with Crippen LogP contribution in [0.3, 0.4) is 0 Å². The molecule has 0 bridgehead atoms. The largest absolute Gasteiger partial charge is 0.388 e. The van der Waals surface area contributed by atoms with Gasteiger partial charge in [-0.15, -0.1) is 11.3 Å². The van der Waals surface area contributed by atoms with Gasteiger partial charge < -0.3 is 15.7 Å². The number of carbonyl (C=O) groups excluding carboxylic acids is 2. The zero-order valence-electron chi connectivity index (χ0n) is 12.9. The van der Waals surface area contributed by atoms with Crippen molar-refractivity contribution in [2.45, 2.75) is 26.0 Å². The van der Waals surface area contributed by atoms with E-state index in [1.165, 1.54) is 11.3 Å². The van der Waals surface area contributed by atoms with Crippen LogP contribution in [0.15, 0.2) is 42.5 Å². The van der Waals surface area contributed by atoms with Crippen molar-refractivity contribution < 1.29 is 14.7 Å². The molecule has 0 aliphatic heterocycles. The second-order valence-electron chi connectivity index (χ2n) is 5.15. The average Bonchev–Trinajstić information content (AvgIpc) is 3.02. The molecule has 0 aliphatic rings. The number of hydrogen-bond donors (Lipinski definition) is 3. The van der Waals surface area contributed by atoms with Crippen LogP contribution in [-0.4, -0.2) is 23.5 Å². The van der Waals surface area contributed by atoms with Gasteiger partial charge in [0.25, 0.3) is 0 Å². The van der Waals surface area contributed by atoms with Gasteiger partial charge in [0.1, 0.15) is 0 Å². The van der Waals surface area contributed by atoms with Crippen LogP contribution in [0.4, 0.5) is 0 Å². The van der Waals surface area contributed by atoms with Crippen LogP contribution in [0.5, 0.6) is 0 Å². The molecule has 2 aromatic rings. The predicted octanol–water partition coefficient (Wildman–Crippen LogP) is 1.78. The summed E-state index contributed by atoms with van der Waals surface area (Å²) in [6, 6.07) is 13.2. The molecule has 6 heteroatoms. The highest BCUT2D eigenvalue weighted by Crippen LogP contribution is 2.22. The number of thiophene rings is 1. The van der Waals surface area contributed by atoms with Gasteiger partial charge in [-0.2, -0.15) is 0 Å². The van der Waals surface area contributed by atoms with E-state index in [2.05, 4.69) is 10.6 Å². The number of aliphatic hydroxyl groups is 1. The summed E-state index contributed by atoms with van der Waals surface area (Å²) in [6.07, 6.45) is 0.154. The Morgan fingerprint density at radius 1 is 1.09 bits per heavy atom.